The summed E-state index contributed by atoms with van der Waals surface area (Å²) in [5.74, 6) is 0.153. The van der Waals surface area contributed by atoms with Crippen molar-refractivity contribution in [2.24, 2.45) is 11.5 Å². The molecule has 2 heterocycles. The largest absolute Gasteiger partial charge is 0.384 e. The van der Waals surface area contributed by atoms with E-state index >= 15 is 0 Å². The van der Waals surface area contributed by atoms with Crippen molar-refractivity contribution in [1.82, 2.24) is 0 Å². The van der Waals surface area contributed by atoms with Gasteiger partial charge in [0.25, 0.3) is 0 Å². The summed E-state index contributed by atoms with van der Waals surface area (Å²) in [7, 11) is 0. The number of anilines is 4. The Kier molecular flexibility index (Phi) is 8.15. The zero-order chi connectivity index (χ0) is 30.6. The summed E-state index contributed by atoms with van der Waals surface area (Å²) in [6.07, 6.45) is 8.78. The minimum absolute atomic E-state index is 0.0765. The van der Waals surface area contributed by atoms with Crippen LogP contribution < -0.4 is 32.7 Å². The molecule has 4 aromatic carbocycles. The van der Waals surface area contributed by atoms with Gasteiger partial charge in [-0.3, -0.25) is 10.8 Å². The van der Waals surface area contributed by atoms with E-state index in [1.165, 1.54) is 24.0 Å². The van der Waals surface area contributed by atoms with Gasteiger partial charge in [-0.15, -0.1) is 0 Å². The van der Waals surface area contributed by atoms with Gasteiger partial charge in [-0.2, -0.15) is 0 Å². The maximum atomic E-state index is 7.83. The number of unbranched alkanes of at least 4 members (excludes halogenated alkanes) is 5. The third-order valence-corrected chi connectivity index (χ3v) is 8.94. The quantitative estimate of drug-likeness (QED) is 0.0463. The molecule has 0 spiro atoms. The molecule has 226 valence electrons. The van der Waals surface area contributed by atoms with Crippen LogP contribution in [0.1, 0.15) is 73.6 Å². The number of hydrogen-bond acceptors (Lipinski definition) is 6. The predicted molar refractivity (Wildman–Crippen MR) is 183 cm³/mol. The van der Waals surface area contributed by atoms with Gasteiger partial charge in [-0.05, 0) is 73.2 Å². The van der Waals surface area contributed by atoms with Crippen molar-refractivity contribution in [3.05, 3.63) is 119 Å². The second-order valence-electron chi connectivity index (χ2n) is 12.0. The molecule has 2 aliphatic heterocycles. The minimum atomic E-state index is -0.377. The van der Waals surface area contributed by atoms with Gasteiger partial charge < -0.3 is 32.7 Å². The van der Waals surface area contributed by atoms with Gasteiger partial charge in [0, 0.05) is 11.1 Å². The Morgan fingerprint density at radius 3 is 1.23 bits per heavy atom. The molecule has 6 rings (SSSR count). The molecule has 0 radical (unpaired) electrons. The molecule has 44 heavy (non-hydrogen) atoms. The summed E-state index contributed by atoms with van der Waals surface area (Å²) in [6.45, 7) is 0. The zero-order valence-corrected chi connectivity index (χ0v) is 25.0. The first kappa shape index (κ1) is 29.1. The number of benzene rings is 4. The summed E-state index contributed by atoms with van der Waals surface area (Å²) >= 11 is 0. The van der Waals surface area contributed by atoms with Gasteiger partial charge in [-0.1, -0.05) is 86.3 Å². The summed E-state index contributed by atoms with van der Waals surface area (Å²) in [6, 6.07) is 32.9. The molecule has 2 aliphatic rings. The summed E-state index contributed by atoms with van der Waals surface area (Å²) < 4.78 is 0. The first-order valence-corrected chi connectivity index (χ1v) is 15.6. The van der Waals surface area contributed by atoms with Crippen LogP contribution in [0.25, 0.3) is 0 Å². The first-order valence-electron chi connectivity index (χ1n) is 15.6. The lowest BCUT2D eigenvalue weighted by atomic mass is 9.92. The van der Waals surface area contributed by atoms with Crippen molar-refractivity contribution >= 4 is 34.4 Å². The Labute approximate surface area is 259 Å². The van der Waals surface area contributed by atoms with E-state index in [2.05, 4.69) is 69.8 Å². The number of hydrogen-bond donors (Lipinski definition) is 8. The summed E-state index contributed by atoms with van der Waals surface area (Å²) in [5, 5.41) is 30.7. The molecule has 0 aliphatic carbocycles. The monoisotopic (exact) mass is 586 g/mol. The van der Waals surface area contributed by atoms with Gasteiger partial charge >= 0.3 is 0 Å². The molecule has 0 saturated heterocycles. The lowest BCUT2D eigenvalue weighted by Gasteiger charge is -2.32. The smallest absolute Gasteiger partial charge is 0.134 e. The number of nitrogens with two attached hydrogens (primary N) is 2. The summed E-state index contributed by atoms with van der Waals surface area (Å²) in [5.41, 5.74) is 18.7. The van der Waals surface area contributed by atoms with Crippen molar-refractivity contribution in [2.75, 3.05) is 21.3 Å². The Balaban J connectivity index is 1.03. The number of nitrogens with one attached hydrogen (secondary N) is 6. The number of rotatable bonds is 13. The summed E-state index contributed by atoms with van der Waals surface area (Å²) in [4.78, 5) is 0. The molecule has 8 heteroatoms. The molecule has 0 amide bonds. The van der Waals surface area contributed by atoms with E-state index in [-0.39, 0.29) is 23.0 Å². The van der Waals surface area contributed by atoms with Crippen LogP contribution in [0.2, 0.25) is 0 Å². The van der Waals surface area contributed by atoms with Crippen molar-refractivity contribution in [3.8, 4) is 0 Å². The standard InChI is InChI=1S/C36H42N8/c37-33(38)25-17-19-29-31(23-25)43-35(41-29,27-13-7-5-8-14-27)21-11-3-1-2-4-12-22-36(28-15-9-6-10-16-28)42-30-20-18-26(34(39)40)24-32(30)44-36/h5-10,13-20,23-24,41-44H,1-4,11-12,21-22H2,(H3,37,38)(H3,39,40). The van der Waals surface area contributed by atoms with Crippen LogP contribution in [-0.4, -0.2) is 11.7 Å². The van der Waals surface area contributed by atoms with Crippen LogP contribution >= 0.6 is 0 Å². The molecular weight excluding hydrogens is 544 g/mol. The lowest BCUT2D eigenvalue weighted by molar-refractivity contribution is 0.457. The predicted octanol–water partition coefficient (Wildman–Crippen LogP) is 7.46. The number of fused-ring (bicyclic) bond motifs is 2. The third kappa shape index (κ3) is 5.93. The molecule has 4 aromatic rings. The lowest BCUT2D eigenvalue weighted by Crippen LogP contribution is -2.38. The van der Waals surface area contributed by atoms with Gasteiger partial charge in [0.15, 0.2) is 0 Å². The van der Waals surface area contributed by atoms with E-state index < -0.39 is 0 Å². The average molecular weight is 587 g/mol. The zero-order valence-electron chi connectivity index (χ0n) is 25.0. The van der Waals surface area contributed by atoms with Crippen LogP contribution in [0.4, 0.5) is 22.7 Å². The van der Waals surface area contributed by atoms with Crippen LogP contribution in [0.5, 0.6) is 0 Å². The van der Waals surface area contributed by atoms with Crippen LogP contribution in [0.15, 0.2) is 97.1 Å². The molecule has 2 atom stereocenters. The molecule has 0 saturated carbocycles. The highest BCUT2D eigenvalue weighted by Crippen LogP contribution is 2.44. The molecule has 8 nitrogen and oxygen atoms in total. The fourth-order valence-corrected chi connectivity index (χ4v) is 6.59. The second kappa shape index (κ2) is 12.3. The van der Waals surface area contributed by atoms with E-state index in [1.807, 2.05) is 48.5 Å². The van der Waals surface area contributed by atoms with E-state index in [4.69, 9.17) is 22.3 Å². The van der Waals surface area contributed by atoms with E-state index in [9.17, 15) is 0 Å². The van der Waals surface area contributed by atoms with E-state index in [1.54, 1.807) is 0 Å². The van der Waals surface area contributed by atoms with Crippen molar-refractivity contribution < 1.29 is 0 Å². The van der Waals surface area contributed by atoms with Crippen LogP contribution in [0.3, 0.4) is 0 Å². The van der Waals surface area contributed by atoms with Gasteiger partial charge in [0.05, 0.1) is 22.7 Å². The van der Waals surface area contributed by atoms with Crippen LogP contribution in [-0.2, 0) is 11.3 Å². The molecule has 0 fully saturated rings. The van der Waals surface area contributed by atoms with Gasteiger partial charge in [-0.25, -0.2) is 0 Å². The van der Waals surface area contributed by atoms with Gasteiger partial charge in [0.2, 0.25) is 0 Å². The molecular formula is C36H42N8. The average Bonchev–Trinajstić information content (AvgIpc) is 3.62. The molecule has 2 unspecified atom stereocenters. The first-order chi connectivity index (χ1) is 21.4. The van der Waals surface area contributed by atoms with Gasteiger partial charge in [0.1, 0.15) is 23.0 Å². The van der Waals surface area contributed by atoms with Crippen molar-refractivity contribution in [1.29, 1.82) is 10.8 Å². The maximum absolute atomic E-state index is 7.83. The highest BCUT2D eigenvalue weighted by molar-refractivity contribution is 5.98. The fourth-order valence-electron chi connectivity index (χ4n) is 6.59. The second-order valence-corrected chi connectivity index (χ2v) is 12.0. The van der Waals surface area contributed by atoms with Crippen molar-refractivity contribution in [3.63, 3.8) is 0 Å². The van der Waals surface area contributed by atoms with Crippen LogP contribution in [0, 0.1) is 10.8 Å². The fraction of sp³-hybridized carbons (Fsp3) is 0.278. The highest BCUT2D eigenvalue weighted by Gasteiger charge is 2.38. The Morgan fingerprint density at radius 2 is 0.841 bits per heavy atom. The molecule has 10 N–H and O–H groups in total. The normalized spacial score (nSPS) is 19.5. The Bertz CT molecular complexity index is 1510. The Morgan fingerprint density at radius 1 is 0.477 bits per heavy atom. The van der Waals surface area contributed by atoms with E-state index in [0.717, 1.165) is 72.4 Å². The third-order valence-electron chi connectivity index (χ3n) is 8.94. The highest BCUT2D eigenvalue weighted by atomic mass is 15.3. The SMILES string of the molecule is N=C(N)c1ccc2c(c1)NC(CCCCCCCCC1(c3ccccc3)Nc3ccc(C(=N)N)cc3N1)(c1ccccc1)N2. The molecule has 0 aromatic heterocycles. The maximum Gasteiger partial charge on any atom is 0.134 e. The Hall–Kier alpha value is -4.98. The number of amidine groups is 2. The topological polar surface area (TPSA) is 148 Å². The molecule has 0 bridgehead atoms. The van der Waals surface area contributed by atoms with E-state index in [0.29, 0.717) is 0 Å². The van der Waals surface area contributed by atoms with Crippen molar-refractivity contribution in [2.45, 2.75) is 62.7 Å². The number of nitrogen functional groups attached to an aromatic ring is 2. The minimum Gasteiger partial charge on any atom is -0.384 e.